The first-order chi connectivity index (χ1) is 8.79. The molecule has 0 aliphatic carbocycles. The minimum absolute atomic E-state index is 0.388. The number of ether oxygens (including phenoxy) is 1. The molecule has 1 aromatic heterocycles. The van der Waals surface area contributed by atoms with Crippen molar-refractivity contribution in [3.63, 3.8) is 0 Å². The summed E-state index contributed by atoms with van der Waals surface area (Å²) >= 11 is 3.33. The number of aromatic amines is 1. The highest BCUT2D eigenvalue weighted by molar-refractivity contribution is 9.10. The molecule has 1 N–H and O–H groups in total. The maximum absolute atomic E-state index is 5.19. The molecule has 1 aromatic carbocycles. The number of benzene rings is 1. The second-order valence-electron chi connectivity index (χ2n) is 3.49. The van der Waals surface area contributed by atoms with Gasteiger partial charge in [0.25, 0.3) is 0 Å². The monoisotopic (exact) mass is 309 g/mol. The summed E-state index contributed by atoms with van der Waals surface area (Å²) in [6.07, 6.45) is 3.22. The summed E-state index contributed by atoms with van der Waals surface area (Å²) in [5.74, 6) is 0.802. The molecular weight excluding hydrogens is 298 g/mol. The molecule has 0 aliphatic heterocycles. The number of methoxy groups -OCH3 is 1. The highest BCUT2D eigenvalue weighted by Gasteiger charge is 1.98. The molecule has 0 aliphatic rings. The quantitative estimate of drug-likeness (QED) is 0.682. The molecule has 0 saturated carbocycles. The van der Waals surface area contributed by atoms with Crippen LogP contribution in [0.1, 0.15) is 11.3 Å². The summed E-state index contributed by atoms with van der Waals surface area (Å²) in [6, 6.07) is 7.65. The SMILES string of the molecule is COc1cccc(CON=Cc2[nH]ncc2Br)c1. The molecule has 1 heterocycles. The molecule has 0 radical (unpaired) electrons. The lowest BCUT2D eigenvalue weighted by Gasteiger charge is -2.02. The fraction of sp³-hybridized carbons (Fsp3) is 0.167. The number of rotatable bonds is 5. The molecule has 0 unspecified atom stereocenters. The van der Waals surface area contributed by atoms with E-state index >= 15 is 0 Å². The van der Waals surface area contributed by atoms with Crippen molar-refractivity contribution < 1.29 is 9.57 Å². The van der Waals surface area contributed by atoms with Crippen LogP contribution >= 0.6 is 15.9 Å². The van der Waals surface area contributed by atoms with Crippen LogP contribution in [0.2, 0.25) is 0 Å². The summed E-state index contributed by atoms with van der Waals surface area (Å²) in [7, 11) is 1.63. The average Bonchev–Trinajstić information content (AvgIpc) is 2.81. The van der Waals surface area contributed by atoms with Crippen LogP contribution in [0.4, 0.5) is 0 Å². The predicted octanol–water partition coefficient (Wildman–Crippen LogP) is 2.73. The van der Waals surface area contributed by atoms with Gasteiger partial charge in [0.15, 0.2) is 0 Å². The van der Waals surface area contributed by atoms with Crippen molar-refractivity contribution in [2.45, 2.75) is 6.61 Å². The standard InChI is InChI=1S/C12H12BrN3O2/c1-17-10-4-2-3-9(5-10)8-18-15-7-12-11(13)6-14-16-12/h2-7H,8H2,1H3,(H,14,16). The lowest BCUT2D eigenvalue weighted by Crippen LogP contribution is -1.90. The van der Waals surface area contributed by atoms with Gasteiger partial charge in [-0.2, -0.15) is 5.10 Å². The van der Waals surface area contributed by atoms with E-state index in [-0.39, 0.29) is 0 Å². The number of H-pyrrole nitrogens is 1. The second-order valence-corrected chi connectivity index (χ2v) is 4.35. The Morgan fingerprint density at radius 2 is 2.39 bits per heavy atom. The van der Waals surface area contributed by atoms with Crippen LogP contribution in [0.3, 0.4) is 0 Å². The molecule has 18 heavy (non-hydrogen) atoms. The Hall–Kier alpha value is -1.82. The van der Waals surface area contributed by atoms with E-state index in [1.54, 1.807) is 19.5 Å². The van der Waals surface area contributed by atoms with Crippen molar-refractivity contribution in [2.24, 2.45) is 5.16 Å². The Kier molecular flexibility index (Phi) is 4.35. The molecule has 0 saturated heterocycles. The van der Waals surface area contributed by atoms with E-state index in [0.717, 1.165) is 21.5 Å². The topological polar surface area (TPSA) is 59.5 Å². The van der Waals surface area contributed by atoms with E-state index in [1.807, 2.05) is 24.3 Å². The van der Waals surface area contributed by atoms with Gasteiger partial charge in [-0.15, -0.1) is 0 Å². The fourth-order valence-electron chi connectivity index (χ4n) is 1.34. The van der Waals surface area contributed by atoms with E-state index in [0.29, 0.717) is 6.61 Å². The number of hydrogen-bond donors (Lipinski definition) is 1. The fourth-order valence-corrected chi connectivity index (χ4v) is 1.63. The van der Waals surface area contributed by atoms with E-state index in [9.17, 15) is 0 Å². The lowest BCUT2D eigenvalue weighted by atomic mass is 10.2. The van der Waals surface area contributed by atoms with Gasteiger partial charge in [0.05, 0.1) is 29.7 Å². The average molecular weight is 310 g/mol. The van der Waals surface area contributed by atoms with Crippen molar-refractivity contribution in [2.75, 3.05) is 7.11 Å². The van der Waals surface area contributed by atoms with Gasteiger partial charge in [0.1, 0.15) is 12.4 Å². The molecular formula is C12H12BrN3O2. The Morgan fingerprint density at radius 3 is 3.11 bits per heavy atom. The van der Waals surface area contributed by atoms with Crippen LogP contribution < -0.4 is 4.74 Å². The van der Waals surface area contributed by atoms with Crippen molar-refractivity contribution >= 4 is 22.1 Å². The number of nitrogens with zero attached hydrogens (tertiary/aromatic N) is 2. The highest BCUT2D eigenvalue weighted by Crippen LogP contribution is 2.13. The first-order valence-electron chi connectivity index (χ1n) is 5.26. The summed E-state index contributed by atoms with van der Waals surface area (Å²) in [6.45, 7) is 0.388. The van der Waals surface area contributed by atoms with E-state index < -0.39 is 0 Å². The number of aromatic nitrogens is 2. The number of halogens is 1. The van der Waals surface area contributed by atoms with Gasteiger partial charge in [-0.1, -0.05) is 17.3 Å². The first kappa shape index (κ1) is 12.6. The Bertz CT molecular complexity index is 540. The molecule has 0 spiro atoms. The van der Waals surface area contributed by atoms with Crippen LogP contribution in [0.15, 0.2) is 40.1 Å². The van der Waals surface area contributed by atoms with E-state index in [1.165, 1.54) is 0 Å². The van der Waals surface area contributed by atoms with Crippen LogP contribution in [0, 0.1) is 0 Å². The van der Waals surface area contributed by atoms with E-state index in [2.05, 4.69) is 31.3 Å². The molecule has 0 atom stereocenters. The van der Waals surface area contributed by atoms with Crippen LogP contribution in [0.5, 0.6) is 5.75 Å². The maximum Gasteiger partial charge on any atom is 0.142 e. The molecule has 2 aromatic rings. The Morgan fingerprint density at radius 1 is 1.50 bits per heavy atom. The van der Waals surface area contributed by atoms with Crippen molar-refractivity contribution in [3.05, 3.63) is 46.2 Å². The third kappa shape index (κ3) is 3.33. The van der Waals surface area contributed by atoms with Gasteiger partial charge in [-0.25, -0.2) is 0 Å². The molecule has 0 fully saturated rings. The molecule has 6 heteroatoms. The minimum Gasteiger partial charge on any atom is -0.497 e. The third-order valence-electron chi connectivity index (χ3n) is 2.24. The Balaban J connectivity index is 1.88. The summed E-state index contributed by atoms with van der Waals surface area (Å²) < 4.78 is 5.97. The van der Waals surface area contributed by atoms with Crippen molar-refractivity contribution in [1.29, 1.82) is 0 Å². The van der Waals surface area contributed by atoms with Crippen LogP contribution in [-0.4, -0.2) is 23.5 Å². The second kappa shape index (κ2) is 6.20. The van der Waals surface area contributed by atoms with Gasteiger partial charge in [0.2, 0.25) is 0 Å². The summed E-state index contributed by atoms with van der Waals surface area (Å²) in [4.78, 5) is 5.19. The zero-order valence-corrected chi connectivity index (χ0v) is 11.3. The molecule has 5 nitrogen and oxygen atoms in total. The summed E-state index contributed by atoms with van der Waals surface area (Å²) in [5.41, 5.74) is 1.76. The minimum atomic E-state index is 0.388. The third-order valence-corrected chi connectivity index (χ3v) is 2.87. The number of oxime groups is 1. The van der Waals surface area contributed by atoms with Crippen molar-refractivity contribution in [3.8, 4) is 5.75 Å². The summed E-state index contributed by atoms with van der Waals surface area (Å²) in [5, 5.41) is 10.5. The van der Waals surface area contributed by atoms with Crippen molar-refractivity contribution in [1.82, 2.24) is 10.2 Å². The van der Waals surface area contributed by atoms with Gasteiger partial charge < -0.3 is 9.57 Å². The zero-order valence-electron chi connectivity index (χ0n) is 9.76. The number of hydrogen-bond acceptors (Lipinski definition) is 4. The number of nitrogens with one attached hydrogen (secondary N) is 1. The molecule has 0 amide bonds. The Labute approximate surface area is 113 Å². The van der Waals surface area contributed by atoms with Gasteiger partial charge in [-0.05, 0) is 33.6 Å². The molecule has 94 valence electrons. The first-order valence-corrected chi connectivity index (χ1v) is 6.06. The normalized spacial score (nSPS) is 10.8. The van der Waals surface area contributed by atoms with Gasteiger partial charge >= 0.3 is 0 Å². The lowest BCUT2D eigenvalue weighted by molar-refractivity contribution is 0.132. The molecule has 0 bridgehead atoms. The highest BCUT2D eigenvalue weighted by atomic mass is 79.9. The van der Waals surface area contributed by atoms with Gasteiger partial charge in [0, 0.05) is 0 Å². The van der Waals surface area contributed by atoms with Gasteiger partial charge in [-0.3, -0.25) is 5.10 Å². The molecule has 2 rings (SSSR count). The predicted molar refractivity (Wildman–Crippen MR) is 71.7 cm³/mol. The smallest absolute Gasteiger partial charge is 0.142 e. The van der Waals surface area contributed by atoms with E-state index in [4.69, 9.17) is 9.57 Å². The largest absolute Gasteiger partial charge is 0.497 e. The van der Waals surface area contributed by atoms with Crippen LogP contribution in [0.25, 0.3) is 0 Å². The maximum atomic E-state index is 5.19. The zero-order chi connectivity index (χ0) is 12.8. The van der Waals surface area contributed by atoms with Crippen LogP contribution in [-0.2, 0) is 11.4 Å².